The number of benzene rings is 1. The Morgan fingerprint density at radius 3 is 2.56 bits per heavy atom. The normalized spacial score (nSPS) is 19.0. The molecule has 0 spiro atoms. The van der Waals surface area contributed by atoms with Gasteiger partial charge in [-0.1, -0.05) is 6.07 Å². The lowest BCUT2D eigenvalue weighted by Crippen LogP contribution is -2.40. The number of nitrogens with zero attached hydrogens (tertiary/aromatic N) is 1. The highest BCUT2D eigenvalue weighted by Gasteiger charge is 2.29. The minimum Gasteiger partial charge on any atom is -0.398 e. The lowest BCUT2D eigenvalue weighted by molar-refractivity contribution is 0.113. The molecule has 5 nitrogen and oxygen atoms in total. The van der Waals surface area contributed by atoms with Crippen molar-refractivity contribution in [2.75, 3.05) is 18.8 Å². The van der Waals surface area contributed by atoms with Gasteiger partial charge in [0.2, 0.25) is 10.0 Å². The van der Waals surface area contributed by atoms with Crippen LogP contribution in [-0.2, 0) is 10.0 Å². The molecule has 100 valence electrons. The Morgan fingerprint density at radius 1 is 1.33 bits per heavy atom. The van der Waals surface area contributed by atoms with E-state index in [1.165, 1.54) is 4.31 Å². The first-order valence-electron chi connectivity index (χ1n) is 5.96. The second-order valence-electron chi connectivity index (χ2n) is 4.61. The first-order chi connectivity index (χ1) is 8.43. The van der Waals surface area contributed by atoms with Gasteiger partial charge < -0.3 is 10.8 Å². The van der Waals surface area contributed by atoms with E-state index < -0.39 is 16.1 Å². The van der Waals surface area contributed by atoms with Gasteiger partial charge in [-0.25, -0.2) is 8.42 Å². The van der Waals surface area contributed by atoms with Crippen LogP contribution in [0.15, 0.2) is 23.1 Å². The predicted octanol–water partition coefficient (Wildman–Crippen LogP) is 0.723. The van der Waals surface area contributed by atoms with Gasteiger partial charge in [0.15, 0.2) is 0 Å². The van der Waals surface area contributed by atoms with Gasteiger partial charge in [-0.3, -0.25) is 0 Å². The first kappa shape index (κ1) is 13.3. The second-order valence-corrected chi connectivity index (χ2v) is 6.51. The highest BCUT2D eigenvalue weighted by molar-refractivity contribution is 7.89. The molecule has 1 aromatic carbocycles. The van der Waals surface area contributed by atoms with Gasteiger partial charge in [-0.05, 0) is 37.5 Å². The van der Waals surface area contributed by atoms with Crippen LogP contribution in [0.5, 0.6) is 0 Å². The first-order valence-corrected chi connectivity index (χ1v) is 7.40. The smallest absolute Gasteiger partial charge is 0.243 e. The average molecular weight is 270 g/mol. The molecule has 0 aliphatic carbocycles. The summed E-state index contributed by atoms with van der Waals surface area (Å²) in [7, 11) is -3.50. The van der Waals surface area contributed by atoms with Crippen molar-refractivity contribution in [1.82, 2.24) is 4.31 Å². The molecule has 1 aliphatic heterocycles. The largest absolute Gasteiger partial charge is 0.398 e. The van der Waals surface area contributed by atoms with Gasteiger partial charge in [0, 0.05) is 18.8 Å². The molecule has 1 saturated heterocycles. The number of nitrogen functional groups attached to an aromatic ring is 1. The van der Waals surface area contributed by atoms with Crippen molar-refractivity contribution < 1.29 is 13.5 Å². The monoisotopic (exact) mass is 270 g/mol. The maximum absolute atomic E-state index is 12.5. The van der Waals surface area contributed by atoms with Gasteiger partial charge in [0.05, 0.1) is 11.0 Å². The minimum atomic E-state index is -3.50. The number of aliphatic hydroxyl groups excluding tert-OH is 1. The molecule has 1 aliphatic rings. The molecule has 0 atom stereocenters. The van der Waals surface area contributed by atoms with Crippen molar-refractivity contribution >= 4 is 15.7 Å². The second kappa shape index (κ2) is 4.87. The highest BCUT2D eigenvalue weighted by atomic mass is 32.2. The van der Waals surface area contributed by atoms with E-state index in [1.807, 2.05) is 0 Å². The third kappa shape index (κ3) is 2.36. The number of aliphatic hydroxyl groups is 1. The fourth-order valence-corrected chi connectivity index (χ4v) is 3.86. The van der Waals surface area contributed by atoms with Crippen LogP contribution in [0, 0.1) is 6.92 Å². The van der Waals surface area contributed by atoms with Crippen LogP contribution in [0.4, 0.5) is 5.69 Å². The molecule has 18 heavy (non-hydrogen) atoms. The van der Waals surface area contributed by atoms with Crippen molar-refractivity contribution in [2.45, 2.75) is 30.8 Å². The summed E-state index contributed by atoms with van der Waals surface area (Å²) in [5.74, 6) is 0. The zero-order valence-electron chi connectivity index (χ0n) is 10.3. The van der Waals surface area contributed by atoms with Crippen LogP contribution >= 0.6 is 0 Å². The van der Waals surface area contributed by atoms with Crippen molar-refractivity contribution in [3.8, 4) is 0 Å². The summed E-state index contributed by atoms with van der Waals surface area (Å²) in [5.41, 5.74) is 6.81. The Bertz CT molecular complexity index is 534. The SMILES string of the molecule is Cc1c(N)cccc1S(=O)(=O)N1CCC(O)CC1. The Labute approximate surface area is 107 Å². The predicted molar refractivity (Wildman–Crippen MR) is 69.6 cm³/mol. The quantitative estimate of drug-likeness (QED) is 0.776. The zero-order valence-corrected chi connectivity index (χ0v) is 11.2. The minimum absolute atomic E-state index is 0.263. The van der Waals surface area contributed by atoms with Crippen LogP contribution in [0.3, 0.4) is 0 Å². The number of nitrogens with two attached hydrogens (primary N) is 1. The Morgan fingerprint density at radius 2 is 1.94 bits per heavy atom. The van der Waals surface area contributed by atoms with Crippen LogP contribution < -0.4 is 5.73 Å². The average Bonchev–Trinajstić information content (AvgIpc) is 2.33. The zero-order chi connectivity index (χ0) is 13.3. The van der Waals surface area contributed by atoms with E-state index in [4.69, 9.17) is 5.73 Å². The van der Waals surface area contributed by atoms with Gasteiger partial charge in [-0.15, -0.1) is 0 Å². The van der Waals surface area contributed by atoms with E-state index >= 15 is 0 Å². The van der Waals surface area contributed by atoms with Crippen molar-refractivity contribution in [3.05, 3.63) is 23.8 Å². The molecule has 0 aromatic heterocycles. The molecule has 2 rings (SSSR count). The molecule has 0 radical (unpaired) electrons. The van der Waals surface area contributed by atoms with Gasteiger partial charge in [-0.2, -0.15) is 4.31 Å². The van der Waals surface area contributed by atoms with E-state index in [2.05, 4.69) is 0 Å². The fourth-order valence-electron chi connectivity index (χ4n) is 2.13. The molecule has 0 bridgehead atoms. The summed E-state index contributed by atoms with van der Waals surface area (Å²) in [6.45, 7) is 2.43. The Hall–Kier alpha value is -1.11. The van der Waals surface area contributed by atoms with E-state index in [9.17, 15) is 13.5 Å². The molecule has 1 fully saturated rings. The van der Waals surface area contributed by atoms with Crippen molar-refractivity contribution in [1.29, 1.82) is 0 Å². The third-order valence-electron chi connectivity index (χ3n) is 3.37. The summed E-state index contributed by atoms with van der Waals surface area (Å²) in [6, 6.07) is 4.91. The molecule has 6 heteroatoms. The van der Waals surface area contributed by atoms with Crippen molar-refractivity contribution in [2.24, 2.45) is 0 Å². The number of sulfonamides is 1. The summed E-state index contributed by atoms with van der Waals surface area (Å²) in [4.78, 5) is 0.263. The molecule has 0 amide bonds. The van der Waals surface area contributed by atoms with Crippen LogP contribution in [0.2, 0.25) is 0 Å². The molecule has 3 N–H and O–H groups in total. The maximum Gasteiger partial charge on any atom is 0.243 e. The van der Waals surface area contributed by atoms with Crippen LogP contribution in [0.1, 0.15) is 18.4 Å². The number of hydrogen-bond donors (Lipinski definition) is 2. The molecular formula is C12H18N2O3S. The highest BCUT2D eigenvalue weighted by Crippen LogP contribution is 2.26. The number of anilines is 1. The lowest BCUT2D eigenvalue weighted by Gasteiger charge is -2.29. The Kier molecular flexibility index (Phi) is 3.61. The topological polar surface area (TPSA) is 83.6 Å². The summed E-state index contributed by atoms with van der Waals surface area (Å²) >= 11 is 0. The molecule has 0 unspecified atom stereocenters. The number of hydrogen-bond acceptors (Lipinski definition) is 4. The van der Waals surface area contributed by atoms with Crippen LogP contribution in [0.25, 0.3) is 0 Å². The van der Waals surface area contributed by atoms with Gasteiger partial charge in [0.1, 0.15) is 0 Å². The van der Waals surface area contributed by atoms with E-state index in [0.717, 1.165) is 0 Å². The third-order valence-corrected chi connectivity index (χ3v) is 5.41. The molecule has 1 heterocycles. The van der Waals surface area contributed by atoms with E-state index in [-0.39, 0.29) is 4.90 Å². The maximum atomic E-state index is 12.5. The molecule has 1 aromatic rings. The van der Waals surface area contributed by atoms with Crippen LogP contribution in [-0.4, -0.2) is 37.0 Å². The molecular weight excluding hydrogens is 252 g/mol. The van der Waals surface area contributed by atoms with Gasteiger partial charge >= 0.3 is 0 Å². The fraction of sp³-hybridized carbons (Fsp3) is 0.500. The van der Waals surface area contributed by atoms with E-state index in [0.29, 0.717) is 37.2 Å². The molecule has 0 saturated carbocycles. The summed E-state index contributed by atoms with van der Waals surface area (Å²) < 4.78 is 26.3. The Balaban J connectivity index is 2.34. The number of piperidine rings is 1. The lowest BCUT2D eigenvalue weighted by atomic mass is 10.1. The number of rotatable bonds is 2. The van der Waals surface area contributed by atoms with Crippen molar-refractivity contribution in [3.63, 3.8) is 0 Å². The summed E-state index contributed by atoms with van der Waals surface area (Å²) in [6.07, 6.45) is 0.583. The standard InChI is InChI=1S/C12H18N2O3S/c1-9-11(13)3-2-4-12(9)18(16,17)14-7-5-10(15)6-8-14/h2-4,10,15H,5-8,13H2,1H3. The van der Waals surface area contributed by atoms with E-state index in [1.54, 1.807) is 25.1 Å². The summed E-state index contributed by atoms with van der Waals surface area (Å²) in [5, 5.41) is 9.42. The van der Waals surface area contributed by atoms with Gasteiger partial charge in [0.25, 0.3) is 0 Å².